The molecule has 0 aliphatic rings. The van der Waals surface area contributed by atoms with Crippen molar-refractivity contribution in [1.82, 2.24) is 4.98 Å². The number of aromatic nitrogens is 1. The van der Waals surface area contributed by atoms with Crippen molar-refractivity contribution in [3.05, 3.63) is 89.2 Å². The largest absolute Gasteiger partial charge is 0.444 e. The van der Waals surface area contributed by atoms with Crippen LogP contribution in [-0.4, -0.2) is 4.98 Å². The Labute approximate surface area is 187 Å². The minimum Gasteiger partial charge on any atom is -0.429 e. The highest BCUT2D eigenvalue weighted by molar-refractivity contribution is 5.31. The zero-order valence-electron chi connectivity index (χ0n) is 17.6. The summed E-state index contributed by atoms with van der Waals surface area (Å²) in [7, 11) is 0. The second-order valence-electron chi connectivity index (χ2n) is 7.35. The van der Waals surface area contributed by atoms with E-state index in [1.54, 1.807) is 6.07 Å². The lowest BCUT2D eigenvalue weighted by molar-refractivity contribution is -0.189. The van der Waals surface area contributed by atoms with Gasteiger partial charge in [0.15, 0.2) is 17.3 Å². The molecule has 1 aromatic heterocycles. The summed E-state index contributed by atoms with van der Waals surface area (Å²) in [6.07, 6.45) is -2.62. The van der Waals surface area contributed by atoms with Crippen molar-refractivity contribution < 1.29 is 35.8 Å². The predicted octanol–water partition coefficient (Wildman–Crippen LogP) is 7.35. The Bertz CT molecular complexity index is 1060. The topological polar surface area (TPSA) is 31.4 Å². The molecule has 3 rings (SSSR count). The summed E-state index contributed by atoms with van der Waals surface area (Å²) in [5.74, 6) is -3.54. The number of rotatable bonds is 10. The Morgan fingerprint density at radius 1 is 0.758 bits per heavy atom. The van der Waals surface area contributed by atoms with Crippen molar-refractivity contribution in [2.75, 3.05) is 0 Å². The van der Waals surface area contributed by atoms with Crippen LogP contribution in [0.25, 0.3) is 0 Å². The number of unbranched alkanes of at least 4 members (excludes halogenated alkanes) is 2. The van der Waals surface area contributed by atoms with Gasteiger partial charge in [0.1, 0.15) is 11.5 Å². The van der Waals surface area contributed by atoms with Gasteiger partial charge in [-0.3, -0.25) is 4.98 Å². The van der Waals surface area contributed by atoms with Gasteiger partial charge < -0.3 is 9.47 Å². The van der Waals surface area contributed by atoms with Gasteiger partial charge in [0.05, 0.1) is 5.56 Å². The first-order valence-electron chi connectivity index (χ1n) is 10.3. The maximum absolute atomic E-state index is 14.4. The van der Waals surface area contributed by atoms with Crippen molar-refractivity contribution >= 4 is 0 Å². The maximum Gasteiger partial charge on any atom is 0.444 e. The Balaban J connectivity index is 1.66. The van der Waals surface area contributed by atoms with E-state index in [-0.39, 0.29) is 5.75 Å². The first-order chi connectivity index (χ1) is 15.6. The van der Waals surface area contributed by atoms with Crippen LogP contribution >= 0.6 is 0 Å². The van der Waals surface area contributed by atoms with Crippen LogP contribution < -0.4 is 9.47 Å². The molecule has 0 saturated heterocycles. The zero-order valence-corrected chi connectivity index (χ0v) is 17.6. The molecular formula is C24H21F6NO2. The third-order valence-electron chi connectivity index (χ3n) is 4.77. The van der Waals surface area contributed by atoms with Gasteiger partial charge in [-0.2, -0.15) is 17.6 Å². The fourth-order valence-corrected chi connectivity index (χ4v) is 2.99. The Morgan fingerprint density at radius 2 is 1.42 bits per heavy atom. The molecule has 2 aromatic carbocycles. The van der Waals surface area contributed by atoms with Crippen LogP contribution in [0, 0.1) is 11.6 Å². The van der Waals surface area contributed by atoms with Crippen molar-refractivity contribution in [3.63, 3.8) is 0 Å². The van der Waals surface area contributed by atoms with Gasteiger partial charge in [-0.1, -0.05) is 25.8 Å². The molecule has 3 nitrogen and oxygen atoms in total. The standard InChI is InChI=1S/C24H21F6NO2/c1-2-3-4-5-16-6-13-22(31-15-16)24(29,30)32-18-9-7-17(8-10-18)23(27,28)33-19-11-12-20(25)21(26)14-19/h6-15H,2-5H2,1H3. The number of pyridine rings is 1. The third kappa shape index (κ3) is 6.40. The summed E-state index contributed by atoms with van der Waals surface area (Å²) in [6.45, 7) is 2.06. The highest BCUT2D eigenvalue weighted by atomic mass is 19.3. The fraction of sp³-hybridized carbons (Fsp3) is 0.292. The first-order valence-corrected chi connectivity index (χ1v) is 10.3. The Hall–Kier alpha value is -3.23. The highest BCUT2D eigenvalue weighted by Crippen LogP contribution is 2.35. The molecule has 0 fully saturated rings. The number of nitrogens with zero attached hydrogens (tertiary/aromatic N) is 1. The molecule has 0 spiro atoms. The molecule has 0 aliphatic carbocycles. The van der Waals surface area contributed by atoms with Crippen LogP contribution in [0.1, 0.15) is 43.0 Å². The molecule has 0 saturated carbocycles. The molecule has 3 aromatic rings. The van der Waals surface area contributed by atoms with Gasteiger partial charge in [-0.25, -0.2) is 8.78 Å². The second-order valence-corrected chi connectivity index (χ2v) is 7.35. The summed E-state index contributed by atoms with van der Waals surface area (Å²) in [5, 5.41) is 0. The summed E-state index contributed by atoms with van der Waals surface area (Å²) in [4.78, 5) is 3.77. The van der Waals surface area contributed by atoms with Gasteiger partial charge in [0.2, 0.25) is 0 Å². The van der Waals surface area contributed by atoms with Crippen LogP contribution in [0.4, 0.5) is 26.3 Å². The SMILES string of the molecule is CCCCCc1ccc(C(F)(F)Oc2ccc(C(F)(F)Oc3ccc(F)c(F)c3)cc2)nc1. The van der Waals surface area contributed by atoms with E-state index in [0.29, 0.717) is 12.1 Å². The smallest absolute Gasteiger partial charge is 0.429 e. The zero-order chi connectivity index (χ0) is 24.1. The Morgan fingerprint density at radius 3 is 2.03 bits per heavy atom. The van der Waals surface area contributed by atoms with E-state index < -0.39 is 40.9 Å². The molecule has 1 heterocycles. The predicted molar refractivity (Wildman–Crippen MR) is 109 cm³/mol. The number of aryl methyl sites for hydroxylation is 1. The van der Waals surface area contributed by atoms with E-state index in [1.807, 2.05) is 0 Å². The van der Waals surface area contributed by atoms with Crippen molar-refractivity contribution in [3.8, 4) is 11.5 Å². The van der Waals surface area contributed by atoms with E-state index in [0.717, 1.165) is 61.6 Å². The lowest BCUT2D eigenvalue weighted by Crippen LogP contribution is -2.24. The van der Waals surface area contributed by atoms with Crippen LogP contribution in [0.2, 0.25) is 0 Å². The molecule has 0 radical (unpaired) electrons. The number of hydrogen-bond donors (Lipinski definition) is 0. The molecule has 33 heavy (non-hydrogen) atoms. The van der Waals surface area contributed by atoms with E-state index in [9.17, 15) is 26.3 Å². The van der Waals surface area contributed by atoms with E-state index >= 15 is 0 Å². The molecule has 0 atom stereocenters. The quantitative estimate of drug-likeness (QED) is 0.230. The molecule has 0 aliphatic heterocycles. The molecule has 0 bridgehead atoms. The summed E-state index contributed by atoms with van der Waals surface area (Å²) >= 11 is 0. The fourth-order valence-electron chi connectivity index (χ4n) is 2.99. The average molecular weight is 469 g/mol. The van der Waals surface area contributed by atoms with Crippen LogP contribution in [0.3, 0.4) is 0 Å². The molecular weight excluding hydrogens is 448 g/mol. The van der Waals surface area contributed by atoms with E-state index in [1.165, 1.54) is 12.3 Å². The average Bonchev–Trinajstić information content (AvgIpc) is 2.77. The number of hydrogen-bond acceptors (Lipinski definition) is 3. The molecule has 0 amide bonds. The number of benzene rings is 2. The number of ether oxygens (including phenoxy) is 2. The molecule has 9 heteroatoms. The van der Waals surface area contributed by atoms with Gasteiger partial charge in [0, 0.05) is 12.3 Å². The second kappa shape index (κ2) is 10.1. The monoisotopic (exact) mass is 469 g/mol. The summed E-state index contributed by atoms with van der Waals surface area (Å²) in [5.41, 5.74) is -0.481. The highest BCUT2D eigenvalue weighted by Gasteiger charge is 2.38. The van der Waals surface area contributed by atoms with Crippen molar-refractivity contribution in [2.24, 2.45) is 0 Å². The third-order valence-corrected chi connectivity index (χ3v) is 4.77. The minimum absolute atomic E-state index is 0.374. The number of halogens is 6. The Kier molecular flexibility index (Phi) is 7.50. The van der Waals surface area contributed by atoms with Crippen LogP contribution in [-0.2, 0) is 18.6 Å². The van der Waals surface area contributed by atoms with E-state index in [2.05, 4.69) is 21.4 Å². The normalized spacial score (nSPS) is 12.0. The van der Waals surface area contributed by atoms with Crippen LogP contribution in [0.5, 0.6) is 11.5 Å². The first kappa shape index (κ1) is 24.4. The minimum atomic E-state index is -3.93. The maximum atomic E-state index is 14.4. The lowest BCUT2D eigenvalue weighted by atomic mass is 10.1. The van der Waals surface area contributed by atoms with Crippen molar-refractivity contribution in [1.29, 1.82) is 0 Å². The number of alkyl halides is 4. The molecule has 0 N–H and O–H groups in total. The summed E-state index contributed by atoms with van der Waals surface area (Å²) < 4.78 is 92.8. The van der Waals surface area contributed by atoms with E-state index in [4.69, 9.17) is 0 Å². The molecule has 0 unspecified atom stereocenters. The van der Waals surface area contributed by atoms with Gasteiger partial charge in [0.25, 0.3) is 0 Å². The van der Waals surface area contributed by atoms with Gasteiger partial charge in [-0.15, -0.1) is 0 Å². The van der Waals surface area contributed by atoms with Gasteiger partial charge >= 0.3 is 12.2 Å². The molecule has 176 valence electrons. The lowest BCUT2D eigenvalue weighted by Gasteiger charge is -2.20. The van der Waals surface area contributed by atoms with Crippen LogP contribution in [0.15, 0.2) is 60.8 Å². The summed E-state index contributed by atoms with van der Waals surface area (Å²) in [6, 6.07) is 8.18. The van der Waals surface area contributed by atoms with Crippen molar-refractivity contribution in [2.45, 2.75) is 44.8 Å². The van der Waals surface area contributed by atoms with Gasteiger partial charge in [-0.05, 0) is 60.9 Å².